The molecule has 0 spiro atoms. The van der Waals surface area contributed by atoms with E-state index >= 15 is 0 Å². The number of aromatic nitrogens is 3. The summed E-state index contributed by atoms with van der Waals surface area (Å²) in [5.74, 6) is 1.57. The summed E-state index contributed by atoms with van der Waals surface area (Å²) < 4.78 is 36.9. The van der Waals surface area contributed by atoms with Crippen molar-refractivity contribution < 1.29 is 18.3 Å². The Morgan fingerprint density at radius 2 is 2.15 bits per heavy atom. The minimum Gasteiger partial charge on any atom is -0.490 e. The predicted octanol–water partition coefficient (Wildman–Crippen LogP) is 4.07. The molecule has 1 aliphatic rings. The van der Waals surface area contributed by atoms with Crippen LogP contribution in [-0.4, -0.2) is 28.0 Å². The van der Waals surface area contributed by atoms with Gasteiger partial charge in [0.2, 0.25) is 0 Å². The van der Waals surface area contributed by atoms with Crippen LogP contribution in [0.15, 0.2) is 18.2 Å². The zero-order valence-corrected chi connectivity index (χ0v) is 15.0. The van der Waals surface area contributed by atoms with Crippen LogP contribution in [0.2, 0.25) is 0 Å². The topological polar surface area (TPSA) is 73.0 Å². The molecule has 6 nitrogen and oxygen atoms in total. The van der Waals surface area contributed by atoms with Gasteiger partial charge in [0.1, 0.15) is 11.9 Å². The SMILES string of the molecule is CCOc1cc(/C=C(/C#N)c2nnc3n2CCCCC3)ccc1OC(F)F. The zero-order chi connectivity index (χ0) is 19.2. The highest BCUT2D eigenvalue weighted by atomic mass is 19.3. The van der Waals surface area contributed by atoms with Crippen molar-refractivity contribution in [2.45, 2.75) is 45.8 Å². The second-order valence-electron chi connectivity index (χ2n) is 6.09. The third kappa shape index (κ3) is 4.42. The summed E-state index contributed by atoms with van der Waals surface area (Å²) in [4.78, 5) is 0. The Bertz CT molecular complexity index is 871. The van der Waals surface area contributed by atoms with Gasteiger partial charge >= 0.3 is 6.61 Å². The van der Waals surface area contributed by atoms with Crippen molar-refractivity contribution in [3.63, 3.8) is 0 Å². The summed E-state index contributed by atoms with van der Waals surface area (Å²) in [5.41, 5.74) is 0.989. The van der Waals surface area contributed by atoms with Crippen LogP contribution in [0.5, 0.6) is 11.5 Å². The first-order valence-electron chi connectivity index (χ1n) is 8.88. The summed E-state index contributed by atoms with van der Waals surface area (Å²) in [5, 5.41) is 18.0. The van der Waals surface area contributed by atoms with Gasteiger partial charge in [-0.1, -0.05) is 12.5 Å². The van der Waals surface area contributed by atoms with Gasteiger partial charge in [-0.15, -0.1) is 10.2 Å². The second-order valence-corrected chi connectivity index (χ2v) is 6.09. The van der Waals surface area contributed by atoms with E-state index in [-0.39, 0.29) is 11.5 Å². The van der Waals surface area contributed by atoms with Crippen molar-refractivity contribution in [1.29, 1.82) is 5.26 Å². The quantitative estimate of drug-likeness (QED) is 0.713. The van der Waals surface area contributed by atoms with E-state index < -0.39 is 6.61 Å². The number of rotatable bonds is 6. The summed E-state index contributed by atoms with van der Waals surface area (Å²) in [6.45, 7) is -0.106. The van der Waals surface area contributed by atoms with Gasteiger partial charge in [-0.25, -0.2) is 0 Å². The van der Waals surface area contributed by atoms with Crippen molar-refractivity contribution in [2.24, 2.45) is 0 Å². The molecule has 27 heavy (non-hydrogen) atoms. The number of aryl methyl sites for hydroxylation is 1. The van der Waals surface area contributed by atoms with Crippen LogP contribution in [-0.2, 0) is 13.0 Å². The van der Waals surface area contributed by atoms with Gasteiger partial charge in [-0.2, -0.15) is 14.0 Å². The summed E-state index contributed by atoms with van der Waals surface area (Å²) in [7, 11) is 0. The van der Waals surface area contributed by atoms with E-state index in [1.807, 2.05) is 4.57 Å². The highest BCUT2D eigenvalue weighted by Crippen LogP contribution is 2.31. The normalized spacial score (nSPS) is 14.4. The molecule has 0 aliphatic carbocycles. The largest absolute Gasteiger partial charge is 0.490 e. The summed E-state index contributed by atoms with van der Waals surface area (Å²) >= 11 is 0. The molecular formula is C19H20F2N4O2. The van der Waals surface area contributed by atoms with Crippen LogP contribution in [0.1, 0.15) is 43.4 Å². The van der Waals surface area contributed by atoms with E-state index in [1.165, 1.54) is 6.07 Å². The number of nitrogens with zero attached hydrogens (tertiary/aromatic N) is 4. The first kappa shape index (κ1) is 18.8. The predicted molar refractivity (Wildman–Crippen MR) is 95.3 cm³/mol. The molecular weight excluding hydrogens is 354 g/mol. The van der Waals surface area contributed by atoms with Crippen molar-refractivity contribution in [3.05, 3.63) is 35.4 Å². The van der Waals surface area contributed by atoms with Crippen LogP contribution in [0, 0.1) is 11.3 Å². The molecule has 0 atom stereocenters. The molecule has 0 radical (unpaired) electrons. The smallest absolute Gasteiger partial charge is 0.387 e. The Hall–Kier alpha value is -2.95. The first-order chi connectivity index (χ1) is 13.1. The van der Waals surface area contributed by atoms with Gasteiger partial charge in [0.05, 0.1) is 12.2 Å². The molecule has 0 fully saturated rings. The van der Waals surface area contributed by atoms with Gasteiger partial charge in [-0.3, -0.25) is 0 Å². The van der Waals surface area contributed by atoms with Crippen LogP contribution in [0.4, 0.5) is 8.78 Å². The molecule has 2 aromatic rings. The molecule has 0 saturated carbocycles. The van der Waals surface area contributed by atoms with Crippen molar-refractivity contribution in [2.75, 3.05) is 6.61 Å². The average Bonchev–Trinajstić information content (AvgIpc) is 2.89. The standard InChI is InChI=1S/C19H20F2N4O2/c1-2-26-16-11-13(7-8-15(16)27-19(20)21)10-14(12-22)18-24-23-17-6-4-3-5-9-25(17)18/h7-8,10-11,19H,2-6,9H2,1H3/b14-10-. The van der Waals surface area contributed by atoms with Gasteiger partial charge in [0.15, 0.2) is 17.3 Å². The Balaban J connectivity index is 1.95. The maximum absolute atomic E-state index is 12.5. The lowest BCUT2D eigenvalue weighted by Gasteiger charge is -2.12. The van der Waals surface area contributed by atoms with E-state index in [4.69, 9.17) is 4.74 Å². The second kappa shape index (κ2) is 8.62. The van der Waals surface area contributed by atoms with E-state index in [1.54, 1.807) is 25.1 Å². The Morgan fingerprint density at radius 3 is 2.89 bits per heavy atom. The number of benzene rings is 1. The molecule has 1 aliphatic heterocycles. The van der Waals surface area contributed by atoms with Gasteiger partial charge in [0, 0.05) is 13.0 Å². The molecule has 0 saturated heterocycles. The minimum absolute atomic E-state index is 0.0427. The number of halogens is 2. The third-order valence-electron chi connectivity index (χ3n) is 4.27. The van der Waals surface area contributed by atoms with Crippen molar-refractivity contribution >= 4 is 11.6 Å². The Kier molecular flexibility index (Phi) is 6.01. The third-order valence-corrected chi connectivity index (χ3v) is 4.27. The number of allylic oxidation sites excluding steroid dienone is 1. The zero-order valence-electron chi connectivity index (χ0n) is 15.0. The maximum atomic E-state index is 12.5. The van der Waals surface area contributed by atoms with Gasteiger partial charge in [-0.05, 0) is 43.5 Å². The number of alkyl halides is 2. The lowest BCUT2D eigenvalue weighted by Crippen LogP contribution is -2.05. The van der Waals surface area contributed by atoms with Crippen molar-refractivity contribution in [3.8, 4) is 17.6 Å². The maximum Gasteiger partial charge on any atom is 0.387 e. The first-order valence-corrected chi connectivity index (χ1v) is 8.88. The fourth-order valence-corrected chi connectivity index (χ4v) is 3.07. The molecule has 142 valence electrons. The van der Waals surface area contributed by atoms with E-state index in [9.17, 15) is 14.0 Å². The molecule has 1 aromatic carbocycles. The highest BCUT2D eigenvalue weighted by Gasteiger charge is 2.18. The molecule has 0 N–H and O–H groups in total. The number of hydrogen-bond acceptors (Lipinski definition) is 5. The fourth-order valence-electron chi connectivity index (χ4n) is 3.07. The van der Waals surface area contributed by atoms with E-state index in [2.05, 4.69) is 21.0 Å². The molecule has 8 heteroatoms. The highest BCUT2D eigenvalue weighted by molar-refractivity contribution is 5.87. The number of nitriles is 1. The van der Waals surface area contributed by atoms with E-state index in [0.29, 0.717) is 23.6 Å². The molecule has 0 amide bonds. The lowest BCUT2D eigenvalue weighted by atomic mass is 10.1. The van der Waals surface area contributed by atoms with Gasteiger partial charge < -0.3 is 14.0 Å². The fraction of sp³-hybridized carbons (Fsp3) is 0.421. The summed E-state index contributed by atoms with van der Waals surface area (Å²) in [6, 6.07) is 6.73. The molecule has 2 heterocycles. The number of ether oxygens (including phenoxy) is 2. The number of fused-ring (bicyclic) bond motifs is 1. The lowest BCUT2D eigenvalue weighted by molar-refractivity contribution is -0.0514. The number of hydrogen-bond donors (Lipinski definition) is 0. The molecule has 0 bridgehead atoms. The average molecular weight is 374 g/mol. The van der Waals surface area contributed by atoms with Gasteiger partial charge in [0.25, 0.3) is 0 Å². The van der Waals surface area contributed by atoms with Crippen molar-refractivity contribution in [1.82, 2.24) is 14.8 Å². The summed E-state index contributed by atoms with van der Waals surface area (Å²) in [6.07, 6.45) is 5.70. The molecule has 0 unspecified atom stereocenters. The van der Waals surface area contributed by atoms with Crippen LogP contribution in [0.25, 0.3) is 11.6 Å². The monoisotopic (exact) mass is 374 g/mol. The Labute approximate surface area is 156 Å². The van der Waals surface area contributed by atoms with E-state index in [0.717, 1.165) is 38.1 Å². The molecule has 3 rings (SSSR count). The molecule has 1 aromatic heterocycles. The minimum atomic E-state index is -2.94. The Morgan fingerprint density at radius 1 is 1.30 bits per heavy atom. The van der Waals surface area contributed by atoms with Crippen LogP contribution < -0.4 is 9.47 Å². The van der Waals surface area contributed by atoms with Crippen LogP contribution >= 0.6 is 0 Å². The van der Waals surface area contributed by atoms with Crippen LogP contribution in [0.3, 0.4) is 0 Å².